The van der Waals surface area contributed by atoms with Crippen molar-refractivity contribution in [3.63, 3.8) is 0 Å². The van der Waals surface area contributed by atoms with E-state index in [1.54, 1.807) is 12.1 Å². The number of aryl methyl sites for hydroxylation is 1. The van der Waals surface area contributed by atoms with Crippen LogP contribution in [0.15, 0.2) is 82.4 Å². The number of nitrogens with zero attached hydrogens (tertiary/aromatic N) is 3. The lowest BCUT2D eigenvalue weighted by atomic mass is 10.0. The molecule has 7 nitrogen and oxygen atoms in total. The van der Waals surface area contributed by atoms with Crippen molar-refractivity contribution in [2.45, 2.75) is 33.2 Å². The second-order valence-corrected chi connectivity index (χ2v) is 8.63. The van der Waals surface area contributed by atoms with Crippen LogP contribution in [0.4, 0.5) is 10.1 Å². The molecule has 1 heterocycles. The van der Waals surface area contributed by atoms with Gasteiger partial charge in [0.1, 0.15) is 5.82 Å². The number of nitrogens with one attached hydrogen (secondary N) is 1. The van der Waals surface area contributed by atoms with Gasteiger partial charge < -0.3 is 5.32 Å². The van der Waals surface area contributed by atoms with Crippen molar-refractivity contribution in [2.24, 2.45) is 0 Å². The van der Waals surface area contributed by atoms with Crippen molar-refractivity contribution < 1.29 is 9.18 Å². The number of halogens is 1. The van der Waals surface area contributed by atoms with Crippen LogP contribution in [-0.4, -0.2) is 20.3 Å². The minimum Gasteiger partial charge on any atom is -0.320 e. The number of hydrogen-bond donors (Lipinski definition) is 1. The first kappa shape index (κ1) is 23.8. The minimum absolute atomic E-state index is 0.0264. The van der Waals surface area contributed by atoms with E-state index in [1.165, 1.54) is 24.3 Å². The highest BCUT2D eigenvalue weighted by Crippen LogP contribution is 2.16. The minimum atomic E-state index is -0.815. The molecule has 0 aliphatic carbocycles. The molecule has 0 spiro atoms. The Balaban J connectivity index is 1.82. The van der Waals surface area contributed by atoms with E-state index < -0.39 is 28.7 Å². The molecule has 0 radical (unpaired) electrons. The van der Waals surface area contributed by atoms with Crippen LogP contribution in [-0.2, 0) is 6.54 Å². The summed E-state index contributed by atoms with van der Waals surface area (Å²) < 4.78 is 15.3. The molecule has 0 unspecified atom stereocenters. The smallest absolute Gasteiger partial charge is 0.320 e. The van der Waals surface area contributed by atoms with Crippen molar-refractivity contribution >= 4 is 11.6 Å². The third-order valence-electron chi connectivity index (χ3n) is 5.64. The first-order chi connectivity index (χ1) is 16.7. The summed E-state index contributed by atoms with van der Waals surface area (Å²) >= 11 is 0. The zero-order valence-electron chi connectivity index (χ0n) is 19.7. The molecule has 4 aromatic rings. The molecule has 1 aromatic heterocycles. The molecule has 1 amide bonds. The van der Waals surface area contributed by atoms with E-state index in [2.05, 4.69) is 24.3 Å². The Morgan fingerprint density at radius 2 is 1.57 bits per heavy atom. The van der Waals surface area contributed by atoms with E-state index in [9.17, 15) is 18.8 Å². The molecule has 3 aromatic carbocycles. The number of benzene rings is 3. The number of rotatable bonds is 6. The first-order valence-electron chi connectivity index (χ1n) is 11.2. The van der Waals surface area contributed by atoms with Crippen LogP contribution in [0.25, 0.3) is 5.69 Å². The topological polar surface area (TPSA) is 86.0 Å². The maximum atomic E-state index is 13.3. The molecule has 0 atom stereocenters. The summed E-state index contributed by atoms with van der Waals surface area (Å²) in [4.78, 5) is 39.6. The number of aromatic nitrogens is 3. The predicted molar refractivity (Wildman–Crippen MR) is 133 cm³/mol. The number of carbonyl (C=O) groups excluding carboxylic acids is 1. The second-order valence-electron chi connectivity index (χ2n) is 8.63. The SMILES string of the molecule is Cc1ccc(Cn2c(=O)c(C(=O)Nc3ccc(F)cc3)nn(-c3ccc(C(C)C)cc3)c2=O)cc1. The van der Waals surface area contributed by atoms with E-state index >= 15 is 0 Å². The van der Waals surface area contributed by atoms with E-state index in [0.29, 0.717) is 17.3 Å². The van der Waals surface area contributed by atoms with Crippen molar-refractivity contribution in [3.05, 3.63) is 122 Å². The fourth-order valence-electron chi connectivity index (χ4n) is 3.56. The summed E-state index contributed by atoms with van der Waals surface area (Å²) in [7, 11) is 0. The number of hydrogen-bond acceptors (Lipinski definition) is 4. The zero-order valence-corrected chi connectivity index (χ0v) is 19.7. The van der Waals surface area contributed by atoms with Crippen LogP contribution in [0.2, 0.25) is 0 Å². The lowest BCUT2D eigenvalue weighted by Gasteiger charge is -2.13. The van der Waals surface area contributed by atoms with Gasteiger partial charge in [-0.25, -0.2) is 9.18 Å². The summed E-state index contributed by atoms with van der Waals surface area (Å²) in [6, 6.07) is 19.7. The highest BCUT2D eigenvalue weighted by atomic mass is 19.1. The Morgan fingerprint density at radius 1 is 0.943 bits per heavy atom. The predicted octanol–water partition coefficient (Wildman–Crippen LogP) is 4.27. The van der Waals surface area contributed by atoms with Gasteiger partial charge in [0, 0.05) is 5.69 Å². The fourth-order valence-corrected chi connectivity index (χ4v) is 3.56. The summed E-state index contributed by atoms with van der Waals surface area (Å²) in [6.07, 6.45) is 0. The Hall–Kier alpha value is -4.33. The van der Waals surface area contributed by atoms with Crippen molar-refractivity contribution in [3.8, 4) is 5.69 Å². The lowest BCUT2D eigenvalue weighted by molar-refractivity contribution is 0.101. The van der Waals surface area contributed by atoms with Gasteiger partial charge in [0.2, 0.25) is 5.69 Å². The van der Waals surface area contributed by atoms with Crippen molar-refractivity contribution in [2.75, 3.05) is 5.32 Å². The largest absolute Gasteiger partial charge is 0.352 e. The molecule has 8 heteroatoms. The van der Waals surface area contributed by atoms with Crippen molar-refractivity contribution in [1.82, 2.24) is 14.3 Å². The fraction of sp³-hybridized carbons (Fsp3) is 0.185. The van der Waals surface area contributed by atoms with Crippen LogP contribution < -0.4 is 16.6 Å². The van der Waals surface area contributed by atoms with Crippen molar-refractivity contribution in [1.29, 1.82) is 0 Å². The standard InChI is InChI=1S/C27H25FN4O3/c1-17(2)20-8-14-23(15-9-20)32-27(35)31(16-19-6-4-18(3)5-7-19)26(34)24(30-32)25(33)29-22-12-10-21(28)11-13-22/h4-15,17H,16H2,1-3H3,(H,29,33). The van der Waals surface area contributed by atoms with Crippen LogP contribution in [0.1, 0.15) is 46.9 Å². The molecule has 0 saturated heterocycles. The quantitative estimate of drug-likeness (QED) is 0.454. The molecular weight excluding hydrogens is 447 g/mol. The molecule has 4 rings (SSSR count). The highest BCUT2D eigenvalue weighted by Gasteiger charge is 2.21. The van der Waals surface area contributed by atoms with Gasteiger partial charge in [-0.1, -0.05) is 55.8 Å². The maximum Gasteiger partial charge on any atom is 0.352 e. The lowest BCUT2D eigenvalue weighted by Crippen LogP contribution is -2.45. The summed E-state index contributed by atoms with van der Waals surface area (Å²) in [5.41, 5.74) is 1.63. The Labute approximate surface area is 201 Å². The monoisotopic (exact) mass is 472 g/mol. The number of carbonyl (C=O) groups is 1. The first-order valence-corrected chi connectivity index (χ1v) is 11.2. The molecule has 0 aliphatic rings. The Morgan fingerprint density at radius 3 is 2.17 bits per heavy atom. The van der Waals surface area contributed by atoms with E-state index in [4.69, 9.17) is 0 Å². The average Bonchev–Trinajstić information content (AvgIpc) is 2.84. The second kappa shape index (κ2) is 9.89. The molecule has 0 saturated carbocycles. The van der Waals surface area contributed by atoms with E-state index in [0.717, 1.165) is 25.9 Å². The summed E-state index contributed by atoms with van der Waals surface area (Å²) in [5.74, 6) is -0.965. The third kappa shape index (κ3) is 5.27. The van der Waals surface area contributed by atoms with Gasteiger partial charge in [0.15, 0.2) is 0 Å². The Kier molecular flexibility index (Phi) is 6.73. The third-order valence-corrected chi connectivity index (χ3v) is 5.64. The van der Waals surface area contributed by atoms with Gasteiger partial charge in [-0.3, -0.25) is 14.2 Å². The molecule has 0 bridgehead atoms. The van der Waals surface area contributed by atoms with Gasteiger partial charge in [-0.2, -0.15) is 9.78 Å². The average molecular weight is 473 g/mol. The van der Waals surface area contributed by atoms with Crippen LogP contribution in [0, 0.1) is 12.7 Å². The van der Waals surface area contributed by atoms with Gasteiger partial charge in [0.05, 0.1) is 12.2 Å². The molecule has 1 N–H and O–H groups in total. The summed E-state index contributed by atoms with van der Waals surface area (Å²) in [5, 5.41) is 6.68. The maximum absolute atomic E-state index is 13.3. The van der Waals surface area contributed by atoms with Gasteiger partial charge >= 0.3 is 5.69 Å². The number of anilines is 1. The normalized spacial score (nSPS) is 11.0. The van der Waals surface area contributed by atoms with Crippen LogP contribution >= 0.6 is 0 Å². The van der Waals surface area contributed by atoms with E-state index in [-0.39, 0.29) is 6.54 Å². The molecular formula is C27H25FN4O3. The van der Waals surface area contributed by atoms with Crippen LogP contribution in [0.3, 0.4) is 0 Å². The Bertz CT molecular complexity index is 1470. The van der Waals surface area contributed by atoms with Gasteiger partial charge in [-0.15, -0.1) is 0 Å². The van der Waals surface area contributed by atoms with Gasteiger partial charge in [0.25, 0.3) is 11.5 Å². The number of amides is 1. The zero-order chi connectivity index (χ0) is 25.1. The van der Waals surface area contributed by atoms with Crippen LogP contribution in [0.5, 0.6) is 0 Å². The molecule has 35 heavy (non-hydrogen) atoms. The molecule has 178 valence electrons. The highest BCUT2D eigenvalue weighted by molar-refractivity contribution is 6.02. The van der Waals surface area contributed by atoms with E-state index in [1.807, 2.05) is 43.3 Å². The summed E-state index contributed by atoms with van der Waals surface area (Å²) in [6.45, 7) is 6.02. The molecule has 0 aliphatic heterocycles. The molecule has 0 fully saturated rings. The van der Waals surface area contributed by atoms with Gasteiger partial charge in [-0.05, 0) is 60.4 Å².